The third kappa shape index (κ3) is 7.09. The van der Waals surface area contributed by atoms with Gasteiger partial charge in [-0.05, 0) is 42.8 Å². The summed E-state index contributed by atoms with van der Waals surface area (Å²) in [4.78, 5) is 20.2. The molecule has 0 saturated carbocycles. The fraction of sp³-hybridized carbons (Fsp3) is 0.0952. The van der Waals surface area contributed by atoms with Gasteiger partial charge in [0.05, 0.1) is 11.3 Å². The lowest BCUT2D eigenvalue weighted by Gasteiger charge is -2.13. The highest BCUT2D eigenvalue weighted by Gasteiger charge is 2.30. The first-order valence-corrected chi connectivity index (χ1v) is 9.85. The van der Waals surface area contributed by atoms with Crippen LogP contribution >= 0.6 is 11.6 Å². The molecule has 12 heteroatoms. The second-order valence-corrected chi connectivity index (χ2v) is 7.05. The maximum atomic E-state index is 12.9. The lowest BCUT2D eigenvalue weighted by Crippen LogP contribution is -2.33. The van der Waals surface area contributed by atoms with Gasteiger partial charge < -0.3 is 21.5 Å². The molecule has 0 saturated heterocycles. The first kappa shape index (κ1) is 23.8. The Bertz CT molecular complexity index is 1150. The third-order valence-corrected chi connectivity index (χ3v) is 4.46. The van der Waals surface area contributed by atoms with Gasteiger partial charge in [0, 0.05) is 29.7 Å². The Kier molecular flexibility index (Phi) is 7.70. The monoisotopic (exact) mass is 477 g/mol. The van der Waals surface area contributed by atoms with Crippen LogP contribution in [0.5, 0.6) is 0 Å². The fourth-order valence-electron chi connectivity index (χ4n) is 2.60. The molecule has 0 spiro atoms. The number of carbonyl (C=O) groups excluding carboxylic acids is 1. The van der Waals surface area contributed by atoms with E-state index in [0.717, 1.165) is 17.7 Å². The predicted octanol–water partition coefficient (Wildman–Crippen LogP) is 4.71. The Morgan fingerprint density at radius 2 is 1.88 bits per heavy atom. The number of rotatable bonds is 8. The van der Waals surface area contributed by atoms with Gasteiger partial charge in [-0.1, -0.05) is 23.7 Å². The number of halogens is 4. The van der Waals surface area contributed by atoms with Gasteiger partial charge in [0.15, 0.2) is 0 Å². The molecule has 1 amide bonds. The average molecular weight is 478 g/mol. The quantitative estimate of drug-likeness (QED) is 0.182. The molecule has 1 heterocycles. The van der Waals surface area contributed by atoms with E-state index in [-0.39, 0.29) is 5.56 Å². The van der Waals surface area contributed by atoms with E-state index in [1.807, 2.05) is 6.92 Å². The number of nitrogens with zero attached hydrogens (tertiary/aromatic N) is 2. The summed E-state index contributed by atoms with van der Waals surface area (Å²) in [5, 5.41) is 5.80. The number of amides is 1. The van der Waals surface area contributed by atoms with Crippen molar-refractivity contribution in [2.24, 2.45) is 0 Å². The number of anilines is 3. The Morgan fingerprint density at radius 3 is 2.64 bits per heavy atom. The molecule has 0 aliphatic carbocycles. The molecule has 0 atom stereocenters. The highest BCUT2D eigenvalue weighted by atomic mass is 35.5. The smallest absolute Gasteiger partial charge is 0.345 e. The van der Waals surface area contributed by atoms with Crippen LogP contribution < -0.4 is 27.0 Å². The molecule has 33 heavy (non-hydrogen) atoms. The molecule has 1 aromatic heterocycles. The molecule has 0 radical (unpaired) electrons. The summed E-state index contributed by atoms with van der Waals surface area (Å²) in [6, 6.07) is 10.8. The van der Waals surface area contributed by atoms with Crippen LogP contribution in [0.25, 0.3) is 0 Å². The lowest BCUT2D eigenvalue weighted by molar-refractivity contribution is -0.137. The third-order valence-electron chi connectivity index (χ3n) is 4.25. The number of benzene rings is 2. The molecule has 3 aromatic rings. The lowest BCUT2D eigenvalue weighted by atomic mass is 10.1. The highest BCUT2D eigenvalue weighted by Crippen LogP contribution is 2.29. The average Bonchev–Trinajstić information content (AvgIpc) is 2.77. The molecule has 8 nitrogen and oxygen atoms in total. The van der Waals surface area contributed by atoms with Crippen LogP contribution in [0.1, 0.15) is 21.5 Å². The van der Waals surface area contributed by atoms with Gasteiger partial charge in [-0.3, -0.25) is 4.79 Å². The van der Waals surface area contributed by atoms with Gasteiger partial charge in [-0.15, -0.1) is 0 Å². The number of hydrazine groups is 2. The van der Waals surface area contributed by atoms with Gasteiger partial charge in [-0.2, -0.15) is 18.7 Å². The first-order valence-electron chi connectivity index (χ1n) is 9.47. The van der Waals surface area contributed by atoms with Gasteiger partial charge in [0.1, 0.15) is 17.3 Å². The van der Waals surface area contributed by atoms with Crippen molar-refractivity contribution >= 4 is 34.7 Å². The zero-order chi connectivity index (χ0) is 23.8. The van der Waals surface area contributed by atoms with E-state index in [9.17, 15) is 18.0 Å². The Labute approximate surface area is 192 Å². The zero-order valence-corrected chi connectivity index (χ0v) is 17.9. The van der Waals surface area contributed by atoms with Gasteiger partial charge in [0.2, 0.25) is 0 Å². The Morgan fingerprint density at radius 1 is 1.06 bits per heavy atom. The molecule has 0 aliphatic rings. The van der Waals surface area contributed by atoms with Gasteiger partial charge in [0.25, 0.3) is 5.91 Å². The van der Waals surface area contributed by atoms with Crippen LogP contribution in [0.2, 0.25) is 5.15 Å². The number of aryl methyl sites for hydroxylation is 1. The molecule has 2 aromatic carbocycles. The Balaban J connectivity index is 1.55. The maximum absolute atomic E-state index is 12.9. The van der Waals surface area contributed by atoms with Crippen molar-refractivity contribution in [2.75, 3.05) is 16.1 Å². The topological polar surface area (TPSA) is 103 Å². The molecular weight excluding hydrogens is 459 g/mol. The van der Waals surface area contributed by atoms with Crippen LogP contribution in [0, 0.1) is 6.92 Å². The van der Waals surface area contributed by atoms with Crippen LogP contribution in [0.4, 0.5) is 30.4 Å². The maximum Gasteiger partial charge on any atom is 0.416 e. The van der Waals surface area contributed by atoms with E-state index in [2.05, 4.69) is 37.0 Å². The molecule has 0 unspecified atom stereocenters. The summed E-state index contributed by atoms with van der Waals surface area (Å²) >= 11 is 5.77. The van der Waals surface area contributed by atoms with E-state index < -0.39 is 17.6 Å². The van der Waals surface area contributed by atoms with E-state index >= 15 is 0 Å². The minimum Gasteiger partial charge on any atom is -0.345 e. The standard InChI is InChI=1S/C21H19ClF3N7O/c1-13-5-6-16(30-20(33)14-3-2-4-15(9-14)21(23,24)25)10-17(13)31-32-29-8-7-26-19-11-18(22)27-12-28-19/h2-12,29,31-32H,1H3,(H,30,33)(H,26,27,28)/b8-7-. The minimum atomic E-state index is -4.53. The van der Waals surface area contributed by atoms with Crippen molar-refractivity contribution in [3.05, 3.63) is 89.1 Å². The van der Waals surface area contributed by atoms with Crippen molar-refractivity contribution in [3.63, 3.8) is 0 Å². The summed E-state index contributed by atoms with van der Waals surface area (Å²) in [7, 11) is 0. The summed E-state index contributed by atoms with van der Waals surface area (Å²) in [6.45, 7) is 1.85. The van der Waals surface area contributed by atoms with Crippen molar-refractivity contribution < 1.29 is 18.0 Å². The second kappa shape index (κ2) is 10.7. The van der Waals surface area contributed by atoms with Gasteiger partial charge in [-0.25, -0.2) is 9.97 Å². The summed E-state index contributed by atoms with van der Waals surface area (Å²) in [5.74, 6) is -0.137. The molecule has 5 N–H and O–H groups in total. The number of alkyl halides is 3. The largest absolute Gasteiger partial charge is 0.416 e. The zero-order valence-electron chi connectivity index (χ0n) is 17.2. The Hall–Kier alpha value is -3.83. The van der Waals surface area contributed by atoms with Crippen LogP contribution in [-0.4, -0.2) is 15.9 Å². The van der Waals surface area contributed by atoms with E-state index in [1.54, 1.807) is 36.7 Å². The molecule has 0 bridgehead atoms. The van der Waals surface area contributed by atoms with Crippen LogP contribution in [-0.2, 0) is 6.18 Å². The fourth-order valence-corrected chi connectivity index (χ4v) is 2.75. The number of carbonyl (C=O) groups is 1. The molecule has 0 fully saturated rings. The number of hydrogen-bond acceptors (Lipinski definition) is 7. The normalized spacial score (nSPS) is 11.3. The molecule has 0 aliphatic heterocycles. The van der Waals surface area contributed by atoms with Crippen molar-refractivity contribution in [1.82, 2.24) is 20.9 Å². The van der Waals surface area contributed by atoms with E-state index in [0.29, 0.717) is 22.3 Å². The van der Waals surface area contributed by atoms with Crippen molar-refractivity contribution in [1.29, 1.82) is 0 Å². The number of aromatic nitrogens is 2. The second-order valence-electron chi connectivity index (χ2n) is 6.66. The van der Waals surface area contributed by atoms with Crippen LogP contribution in [0.15, 0.2) is 67.3 Å². The predicted molar refractivity (Wildman–Crippen MR) is 120 cm³/mol. The minimum absolute atomic E-state index is 0.0951. The van der Waals surface area contributed by atoms with Crippen molar-refractivity contribution in [2.45, 2.75) is 13.1 Å². The van der Waals surface area contributed by atoms with Gasteiger partial charge >= 0.3 is 6.18 Å². The molecule has 3 rings (SSSR count). The summed E-state index contributed by atoms with van der Waals surface area (Å²) < 4.78 is 38.6. The highest BCUT2D eigenvalue weighted by molar-refractivity contribution is 6.29. The molecule has 172 valence electrons. The SMILES string of the molecule is Cc1ccc(NC(=O)c2cccc(C(F)(F)F)c2)cc1NNN/C=C\Nc1cc(Cl)ncn1. The first-order chi connectivity index (χ1) is 15.7. The van der Waals surface area contributed by atoms with Crippen molar-refractivity contribution in [3.8, 4) is 0 Å². The van der Waals surface area contributed by atoms with Crippen LogP contribution in [0.3, 0.4) is 0 Å². The molecular formula is C21H19ClF3N7O. The summed E-state index contributed by atoms with van der Waals surface area (Å²) in [6.07, 6.45) is -0.0709. The number of nitrogens with one attached hydrogen (secondary N) is 5. The van der Waals surface area contributed by atoms with E-state index in [1.165, 1.54) is 18.5 Å². The van der Waals surface area contributed by atoms with E-state index in [4.69, 9.17) is 11.6 Å². The summed E-state index contributed by atoms with van der Waals surface area (Å²) in [5.41, 5.74) is 9.37. The number of hydrogen-bond donors (Lipinski definition) is 5.